The monoisotopic (exact) mass is 275 g/mol. The van der Waals surface area contributed by atoms with Crippen LogP contribution in [0.2, 0.25) is 0 Å². The summed E-state index contributed by atoms with van der Waals surface area (Å²) in [5.74, 6) is 0. The molecule has 1 nitrogen and oxygen atoms in total. The molecule has 1 aromatic rings. The van der Waals surface area contributed by atoms with Gasteiger partial charge in [-0.05, 0) is 48.3 Å². The van der Waals surface area contributed by atoms with Crippen LogP contribution in [0.5, 0.6) is 0 Å². The van der Waals surface area contributed by atoms with E-state index < -0.39 is 0 Å². The van der Waals surface area contributed by atoms with Crippen molar-refractivity contribution in [2.24, 2.45) is 0 Å². The number of aryl methyl sites for hydroxylation is 1. The molecule has 0 fully saturated rings. The second kappa shape index (κ2) is 6.59. The average molecular weight is 276 g/mol. The lowest BCUT2D eigenvalue weighted by atomic mass is 10.1. The van der Waals surface area contributed by atoms with Gasteiger partial charge in [-0.2, -0.15) is 0 Å². The Labute approximate surface area is 99.0 Å². The van der Waals surface area contributed by atoms with Crippen LogP contribution in [0.4, 0.5) is 0 Å². The van der Waals surface area contributed by atoms with Crippen LogP contribution in [0.25, 0.3) is 0 Å². The molecule has 0 radical (unpaired) electrons. The number of halogens is 1. The third-order valence-electron chi connectivity index (χ3n) is 2.41. The molecule has 0 aliphatic carbocycles. The highest BCUT2D eigenvalue weighted by Crippen LogP contribution is 2.21. The smallest absolute Gasteiger partial charge is 0.0285 e. The molecule has 0 saturated heterocycles. The van der Waals surface area contributed by atoms with E-state index in [4.69, 9.17) is 0 Å². The van der Waals surface area contributed by atoms with Crippen molar-refractivity contribution in [3.05, 3.63) is 20.8 Å². The van der Waals surface area contributed by atoms with Gasteiger partial charge >= 0.3 is 0 Å². The van der Waals surface area contributed by atoms with E-state index >= 15 is 0 Å². The summed E-state index contributed by atoms with van der Waals surface area (Å²) in [4.78, 5) is 1.48. The van der Waals surface area contributed by atoms with Crippen LogP contribution in [0.1, 0.15) is 31.1 Å². The lowest BCUT2D eigenvalue weighted by Gasteiger charge is -2.13. The predicted molar refractivity (Wildman–Crippen MR) is 68.1 cm³/mol. The average Bonchev–Trinajstić information content (AvgIpc) is 2.59. The highest BCUT2D eigenvalue weighted by atomic mass is 79.9. The van der Waals surface area contributed by atoms with E-state index in [2.05, 4.69) is 46.7 Å². The molecular formula is C11H18BrNS. The maximum atomic E-state index is 3.48. The van der Waals surface area contributed by atoms with Gasteiger partial charge in [-0.25, -0.2) is 0 Å². The van der Waals surface area contributed by atoms with Crippen molar-refractivity contribution in [2.75, 3.05) is 7.05 Å². The molecule has 1 aromatic heterocycles. The Balaban J connectivity index is 2.31. The topological polar surface area (TPSA) is 12.0 Å². The van der Waals surface area contributed by atoms with Gasteiger partial charge in [0, 0.05) is 20.8 Å². The minimum Gasteiger partial charge on any atom is -0.317 e. The summed E-state index contributed by atoms with van der Waals surface area (Å²) in [5.41, 5.74) is 0. The maximum absolute atomic E-state index is 3.48. The number of rotatable bonds is 6. The minimum absolute atomic E-state index is 0.681. The molecule has 0 amide bonds. The van der Waals surface area contributed by atoms with Gasteiger partial charge in [0.15, 0.2) is 0 Å². The fourth-order valence-corrected chi connectivity index (χ4v) is 3.05. The van der Waals surface area contributed by atoms with Gasteiger partial charge < -0.3 is 5.32 Å². The zero-order chi connectivity index (χ0) is 10.4. The summed E-state index contributed by atoms with van der Waals surface area (Å²) in [6.07, 6.45) is 4.99. The molecule has 0 bridgehead atoms. The highest BCUT2D eigenvalue weighted by Gasteiger charge is 2.05. The quantitative estimate of drug-likeness (QED) is 0.832. The molecule has 1 atom stereocenters. The largest absolute Gasteiger partial charge is 0.317 e. The second-order valence-electron chi connectivity index (χ2n) is 3.54. The zero-order valence-electron chi connectivity index (χ0n) is 8.85. The molecule has 0 spiro atoms. The van der Waals surface area contributed by atoms with Crippen LogP contribution in [-0.4, -0.2) is 13.1 Å². The summed E-state index contributed by atoms with van der Waals surface area (Å²) in [5, 5.41) is 5.53. The molecule has 0 aromatic carbocycles. The van der Waals surface area contributed by atoms with E-state index in [9.17, 15) is 0 Å². The SMILES string of the molecule is CCCC(CCc1cc(Br)cs1)NC. The van der Waals surface area contributed by atoms with Gasteiger partial charge in [0.25, 0.3) is 0 Å². The minimum atomic E-state index is 0.681. The van der Waals surface area contributed by atoms with Crippen LogP contribution in [0, 0.1) is 0 Å². The first-order valence-electron chi connectivity index (χ1n) is 5.16. The van der Waals surface area contributed by atoms with Crippen LogP contribution >= 0.6 is 27.3 Å². The van der Waals surface area contributed by atoms with Crippen molar-refractivity contribution in [3.63, 3.8) is 0 Å². The molecule has 0 saturated carbocycles. The van der Waals surface area contributed by atoms with Crippen LogP contribution in [-0.2, 0) is 6.42 Å². The van der Waals surface area contributed by atoms with Crippen LogP contribution < -0.4 is 5.32 Å². The number of hydrogen-bond acceptors (Lipinski definition) is 2. The Morgan fingerprint density at radius 1 is 1.50 bits per heavy atom. The van der Waals surface area contributed by atoms with Crippen molar-refractivity contribution < 1.29 is 0 Å². The fourth-order valence-electron chi connectivity index (χ4n) is 1.58. The molecule has 14 heavy (non-hydrogen) atoms. The van der Waals surface area contributed by atoms with E-state index in [0.29, 0.717) is 6.04 Å². The molecule has 1 unspecified atom stereocenters. The van der Waals surface area contributed by atoms with Gasteiger partial charge in [-0.1, -0.05) is 13.3 Å². The van der Waals surface area contributed by atoms with E-state index in [1.165, 1.54) is 35.0 Å². The van der Waals surface area contributed by atoms with Crippen LogP contribution in [0.15, 0.2) is 15.9 Å². The molecule has 1 heterocycles. The molecule has 0 aliphatic rings. The zero-order valence-corrected chi connectivity index (χ0v) is 11.2. The van der Waals surface area contributed by atoms with E-state index in [0.717, 1.165) is 0 Å². The summed E-state index contributed by atoms with van der Waals surface area (Å²) in [6.45, 7) is 2.24. The summed E-state index contributed by atoms with van der Waals surface area (Å²) < 4.78 is 1.22. The van der Waals surface area contributed by atoms with Gasteiger partial charge in [0.05, 0.1) is 0 Å². The van der Waals surface area contributed by atoms with Crippen molar-refractivity contribution in [1.29, 1.82) is 0 Å². The van der Waals surface area contributed by atoms with Gasteiger partial charge in [0.2, 0.25) is 0 Å². The third-order valence-corrected chi connectivity index (χ3v) is 4.16. The van der Waals surface area contributed by atoms with Crippen molar-refractivity contribution in [3.8, 4) is 0 Å². The Morgan fingerprint density at radius 2 is 2.29 bits per heavy atom. The molecule has 80 valence electrons. The molecule has 1 N–H and O–H groups in total. The fraction of sp³-hybridized carbons (Fsp3) is 0.636. The number of thiophene rings is 1. The summed E-state index contributed by atoms with van der Waals surface area (Å²) in [6, 6.07) is 2.91. The normalized spacial score (nSPS) is 13.1. The standard InChI is InChI=1S/C11H18BrNS/c1-3-4-10(13-2)5-6-11-7-9(12)8-14-11/h7-8,10,13H,3-6H2,1-2H3. The van der Waals surface area contributed by atoms with Gasteiger partial charge in [-0.15, -0.1) is 11.3 Å². The van der Waals surface area contributed by atoms with Crippen molar-refractivity contribution in [1.82, 2.24) is 5.32 Å². The summed E-state index contributed by atoms with van der Waals surface area (Å²) in [7, 11) is 2.06. The first-order valence-corrected chi connectivity index (χ1v) is 6.83. The first kappa shape index (κ1) is 12.2. The second-order valence-corrected chi connectivity index (χ2v) is 5.46. The molecular weight excluding hydrogens is 258 g/mol. The van der Waals surface area contributed by atoms with Crippen molar-refractivity contribution >= 4 is 27.3 Å². The molecule has 1 rings (SSSR count). The number of nitrogens with one attached hydrogen (secondary N) is 1. The Kier molecular flexibility index (Phi) is 5.75. The maximum Gasteiger partial charge on any atom is 0.0285 e. The Hall–Kier alpha value is 0.140. The lowest BCUT2D eigenvalue weighted by Crippen LogP contribution is -2.25. The van der Waals surface area contributed by atoms with E-state index in [1.54, 1.807) is 0 Å². The lowest BCUT2D eigenvalue weighted by molar-refractivity contribution is 0.485. The predicted octanol–water partition coefficient (Wildman–Crippen LogP) is 3.83. The Bertz CT molecular complexity index is 260. The first-order chi connectivity index (χ1) is 6.76. The number of hydrogen-bond donors (Lipinski definition) is 1. The summed E-state index contributed by atoms with van der Waals surface area (Å²) >= 11 is 5.33. The van der Waals surface area contributed by atoms with Gasteiger partial charge in [0.1, 0.15) is 0 Å². The molecule has 3 heteroatoms. The Morgan fingerprint density at radius 3 is 2.79 bits per heavy atom. The molecule has 0 aliphatic heterocycles. The van der Waals surface area contributed by atoms with Gasteiger partial charge in [-0.3, -0.25) is 0 Å². The van der Waals surface area contributed by atoms with E-state index in [-0.39, 0.29) is 0 Å². The van der Waals surface area contributed by atoms with Crippen molar-refractivity contribution in [2.45, 2.75) is 38.6 Å². The van der Waals surface area contributed by atoms with Crippen LogP contribution in [0.3, 0.4) is 0 Å². The third kappa shape index (κ3) is 4.11. The highest BCUT2D eigenvalue weighted by molar-refractivity contribution is 9.10. The van der Waals surface area contributed by atoms with E-state index in [1.807, 2.05) is 11.3 Å².